The largest absolute Gasteiger partial charge is 0.381 e. The van der Waals surface area contributed by atoms with Crippen LogP contribution in [-0.4, -0.2) is 6.54 Å². The summed E-state index contributed by atoms with van der Waals surface area (Å²) in [6.07, 6.45) is 5.92. The van der Waals surface area contributed by atoms with Gasteiger partial charge in [-0.05, 0) is 25.0 Å². The summed E-state index contributed by atoms with van der Waals surface area (Å²) in [7, 11) is 0. The van der Waals surface area contributed by atoms with Gasteiger partial charge in [0.05, 0.1) is 0 Å². The van der Waals surface area contributed by atoms with E-state index in [0.29, 0.717) is 0 Å². The van der Waals surface area contributed by atoms with Gasteiger partial charge in [0.25, 0.3) is 0 Å². The molecule has 0 aliphatic carbocycles. The third-order valence-corrected chi connectivity index (χ3v) is 2.47. The zero-order valence-corrected chi connectivity index (χ0v) is 9.79. The Morgan fingerprint density at radius 1 is 1.20 bits per heavy atom. The summed E-state index contributed by atoms with van der Waals surface area (Å²) >= 11 is 0. The topological polar surface area (TPSA) is 12.0 Å². The van der Waals surface area contributed by atoms with Gasteiger partial charge < -0.3 is 5.32 Å². The number of allylic oxidation sites excluding steroid dienone is 1. The first-order chi connectivity index (χ1) is 7.36. The Hall–Kier alpha value is -1.24. The molecule has 0 atom stereocenters. The summed E-state index contributed by atoms with van der Waals surface area (Å²) in [6.45, 7) is 5.41. The predicted octanol–water partition coefficient (Wildman–Crippen LogP) is 4.24. The van der Waals surface area contributed by atoms with Crippen LogP contribution in [0.2, 0.25) is 0 Å². The Balaban J connectivity index is 2.41. The molecule has 1 aromatic carbocycles. The van der Waals surface area contributed by atoms with Gasteiger partial charge in [0.2, 0.25) is 0 Å². The van der Waals surface area contributed by atoms with Crippen molar-refractivity contribution in [2.45, 2.75) is 33.1 Å². The van der Waals surface area contributed by atoms with E-state index in [-0.39, 0.29) is 0 Å². The summed E-state index contributed by atoms with van der Waals surface area (Å²) in [5, 5.41) is 3.44. The summed E-state index contributed by atoms with van der Waals surface area (Å²) < 4.78 is 0. The van der Waals surface area contributed by atoms with Crippen LogP contribution in [0.4, 0.5) is 5.69 Å². The fourth-order valence-corrected chi connectivity index (χ4v) is 1.46. The minimum absolute atomic E-state index is 0.973. The summed E-state index contributed by atoms with van der Waals surface area (Å²) in [5.74, 6) is 0. The average molecular weight is 203 g/mol. The number of hydrogen-bond donors (Lipinski definition) is 1. The maximum Gasteiger partial charge on any atom is 0.0360 e. The van der Waals surface area contributed by atoms with Gasteiger partial charge in [-0.15, -0.1) is 0 Å². The molecule has 0 heterocycles. The Kier molecular flexibility index (Phi) is 5.60. The molecule has 0 unspecified atom stereocenters. The monoisotopic (exact) mass is 203 g/mol. The molecule has 1 rings (SSSR count). The van der Waals surface area contributed by atoms with Crippen LogP contribution in [0.3, 0.4) is 0 Å². The zero-order chi connectivity index (χ0) is 10.9. The lowest BCUT2D eigenvalue weighted by molar-refractivity contribution is 0.923. The van der Waals surface area contributed by atoms with E-state index in [1.165, 1.54) is 24.1 Å². The van der Waals surface area contributed by atoms with E-state index in [0.717, 1.165) is 13.0 Å². The molecular weight excluding hydrogens is 182 g/mol. The minimum atomic E-state index is 0.973. The SMILES string of the molecule is CCCC=C(CC)CNc1ccccc1. The van der Waals surface area contributed by atoms with Gasteiger partial charge in [-0.3, -0.25) is 0 Å². The van der Waals surface area contributed by atoms with E-state index >= 15 is 0 Å². The number of anilines is 1. The highest BCUT2D eigenvalue weighted by Crippen LogP contribution is 2.09. The standard InChI is InChI=1S/C14H21N/c1-3-5-9-13(4-2)12-15-14-10-7-6-8-11-14/h6-11,15H,3-5,12H2,1-2H3. The van der Waals surface area contributed by atoms with Gasteiger partial charge in [-0.25, -0.2) is 0 Å². The lowest BCUT2D eigenvalue weighted by Crippen LogP contribution is -2.04. The van der Waals surface area contributed by atoms with Crippen molar-refractivity contribution in [3.05, 3.63) is 42.0 Å². The van der Waals surface area contributed by atoms with Crippen LogP contribution in [-0.2, 0) is 0 Å². The van der Waals surface area contributed by atoms with Crippen LogP contribution in [0.1, 0.15) is 33.1 Å². The minimum Gasteiger partial charge on any atom is -0.381 e. The quantitative estimate of drug-likeness (QED) is 0.682. The molecule has 0 aliphatic heterocycles. The fraction of sp³-hybridized carbons (Fsp3) is 0.429. The normalized spacial score (nSPS) is 11.5. The van der Waals surface area contributed by atoms with Crippen LogP contribution in [0.25, 0.3) is 0 Å². The molecular formula is C14H21N. The molecule has 82 valence electrons. The first-order valence-corrected chi connectivity index (χ1v) is 5.83. The van der Waals surface area contributed by atoms with Crippen molar-refractivity contribution >= 4 is 5.69 Å². The number of para-hydroxylation sites is 1. The van der Waals surface area contributed by atoms with Gasteiger partial charge in [0, 0.05) is 12.2 Å². The predicted molar refractivity (Wildman–Crippen MR) is 68.2 cm³/mol. The van der Waals surface area contributed by atoms with E-state index in [1.807, 2.05) is 6.07 Å². The Bertz CT molecular complexity index is 287. The number of hydrogen-bond acceptors (Lipinski definition) is 1. The van der Waals surface area contributed by atoms with Gasteiger partial charge in [0.15, 0.2) is 0 Å². The highest BCUT2D eigenvalue weighted by atomic mass is 14.9. The smallest absolute Gasteiger partial charge is 0.0360 e. The van der Waals surface area contributed by atoms with E-state index in [9.17, 15) is 0 Å². The second-order valence-electron chi connectivity index (χ2n) is 3.72. The molecule has 0 aliphatic rings. The average Bonchev–Trinajstić information content (AvgIpc) is 2.31. The maximum absolute atomic E-state index is 3.44. The molecule has 1 heteroatoms. The first kappa shape index (κ1) is 11.8. The van der Waals surface area contributed by atoms with E-state index in [4.69, 9.17) is 0 Å². The lowest BCUT2D eigenvalue weighted by atomic mass is 10.1. The third kappa shape index (κ3) is 4.68. The molecule has 0 saturated carbocycles. The Labute approximate surface area is 93.2 Å². The van der Waals surface area contributed by atoms with Crippen molar-refractivity contribution in [2.75, 3.05) is 11.9 Å². The highest BCUT2D eigenvalue weighted by molar-refractivity contribution is 5.43. The van der Waals surface area contributed by atoms with E-state index in [1.54, 1.807) is 0 Å². The van der Waals surface area contributed by atoms with Crippen LogP contribution in [0.15, 0.2) is 42.0 Å². The molecule has 0 aromatic heterocycles. The maximum atomic E-state index is 3.44. The van der Waals surface area contributed by atoms with E-state index < -0.39 is 0 Å². The molecule has 15 heavy (non-hydrogen) atoms. The van der Waals surface area contributed by atoms with Crippen molar-refractivity contribution in [1.29, 1.82) is 0 Å². The molecule has 1 N–H and O–H groups in total. The summed E-state index contributed by atoms with van der Waals surface area (Å²) in [4.78, 5) is 0. The molecule has 0 saturated heterocycles. The number of nitrogens with one attached hydrogen (secondary N) is 1. The number of unbranched alkanes of at least 4 members (excludes halogenated alkanes) is 1. The number of rotatable bonds is 6. The molecule has 0 spiro atoms. The molecule has 0 fully saturated rings. The molecule has 1 aromatic rings. The van der Waals surface area contributed by atoms with E-state index in [2.05, 4.69) is 49.5 Å². The van der Waals surface area contributed by atoms with Crippen LogP contribution in [0, 0.1) is 0 Å². The second kappa shape index (κ2) is 7.10. The summed E-state index contributed by atoms with van der Waals surface area (Å²) in [6, 6.07) is 10.4. The van der Waals surface area contributed by atoms with Crippen molar-refractivity contribution in [3.63, 3.8) is 0 Å². The van der Waals surface area contributed by atoms with Crippen LogP contribution >= 0.6 is 0 Å². The van der Waals surface area contributed by atoms with Crippen molar-refractivity contribution in [1.82, 2.24) is 0 Å². The molecule has 1 nitrogen and oxygen atoms in total. The van der Waals surface area contributed by atoms with Gasteiger partial charge in [-0.1, -0.05) is 50.1 Å². The van der Waals surface area contributed by atoms with Crippen LogP contribution in [0.5, 0.6) is 0 Å². The Morgan fingerprint density at radius 2 is 1.93 bits per heavy atom. The molecule has 0 radical (unpaired) electrons. The van der Waals surface area contributed by atoms with Crippen molar-refractivity contribution in [2.24, 2.45) is 0 Å². The summed E-state index contributed by atoms with van der Waals surface area (Å²) in [5.41, 5.74) is 2.70. The second-order valence-corrected chi connectivity index (χ2v) is 3.72. The first-order valence-electron chi connectivity index (χ1n) is 5.83. The fourth-order valence-electron chi connectivity index (χ4n) is 1.46. The molecule has 0 bridgehead atoms. The van der Waals surface area contributed by atoms with Crippen LogP contribution < -0.4 is 5.32 Å². The lowest BCUT2D eigenvalue weighted by Gasteiger charge is -2.08. The van der Waals surface area contributed by atoms with Gasteiger partial charge in [-0.2, -0.15) is 0 Å². The van der Waals surface area contributed by atoms with Gasteiger partial charge in [0.1, 0.15) is 0 Å². The Morgan fingerprint density at radius 3 is 2.53 bits per heavy atom. The van der Waals surface area contributed by atoms with Gasteiger partial charge >= 0.3 is 0 Å². The van der Waals surface area contributed by atoms with Crippen molar-refractivity contribution < 1.29 is 0 Å². The zero-order valence-electron chi connectivity index (χ0n) is 9.79. The third-order valence-electron chi connectivity index (χ3n) is 2.47. The molecule has 0 amide bonds. The number of benzene rings is 1. The van der Waals surface area contributed by atoms with Crippen molar-refractivity contribution in [3.8, 4) is 0 Å². The highest BCUT2D eigenvalue weighted by Gasteiger charge is 1.94.